The number of benzene rings is 3. The van der Waals surface area contributed by atoms with E-state index in [0.717, 1.165) is 15.7 Å². The fraction of sp³-hybridized carbons (Fsp3) is 0.361. The summed E-state index contributed by atoms with van der Waals surface area (Å²) in [5.74, 6) is -0.933. The van der Waals surface area contributed by atoms with Gasteiger partial charge in [0.1, 0.15) is 25.0 Å². The van der Waals surface area contributed by atoms with Crippen LogP contribution in [0.4, 0.5) is 4.79 Å². The number of hydrogen-bond donors (Lipinski definition) is 2. The van der Waals surface area contributed by atoms with Crippen molar-refractivity contribution in [2.24, 2.45) is 11.8 Å². The third-order valence-electron chi connectivity index (χ3n) is 7.28. The van der Waals surface area contributed by atoms with Gasteiger partial charge in [-0.05, 0) is 47.9 Å². The van der Waals surface area contributed by atoms with E-state index in [1.807, 2.05) is 88.4 Å². The molecule has 47 heavy (non-hydrogen) atoms. The molecule has 0 aliphatic heterocycles. The fourth-order valence-corrected chi connectivity index (χ4v) is 4.97. The van der Waals surface area contributed by atoms with Crippen molar-refractivity contribution in [1.29, 1.82) is 0 Å². The maximum atomic E-state index is 13.7. The molecule has 4 rings (SSSR count). The van der Waals surface area contributed by atoms with Crippen molar-refractivity contribution in [2.45, 2.75) is 72.4 Å². The normalized spacial score (nSPS) is 12.4. The van der Waals surface area contributed by atoms with Crippen molar-refractivity contribution >= 4 is 17.8 Å². The second kappa shape index (κ2) is 16.9. The Morgan fingerprint density at radius 3 is 2.04 bits per heavy atom. The van der Waals surface area contributed by atoms with Crippen LogP contribution >= 0.6 is 0 Å². The molecule has 0 radical (unpaired) electrons. The maximum Gasteiger partial charge on any atom is 0.442 e. The highest BCUT2D eigenvalue weighted by molar-refractivity contribution is 5.92. The number of ketones is 1. The van der Waals surface area contributed by atoms with Crippen LogP contribution in [0.15, 0.2) is 94.2 Å². The molecule has 3 aromatic carbocycles. The summed E-state index contributed by atoms with van der Waals surface area (Å²) in [6, 6.07) is 24.0. The Hall–Kier alpha value is -5.19. The lowest BCUT2D eigenvalue weighted by Gasteiger charge is -2.25. The van der Waals surface area contributed by atoms with Crippen LogP contribution in [0.5, 0.6) is 5.75 Å². The van der Waals surface area contributed by atoms with Crippen molar-refractivity contribution < 1.29 is 28.4 Å². The van der Waals surface area contributed by atoms with Gasteiger partial charge in [-0.2, -0.15) is 0 Å². The van der Waals surface area contributed by atoms with E-state index in [1.165, 1.54) is 0 Å². The number of nitrogens with one attached hydrogen (secondary N) is 2. The smallest absolute Gasteiger partial charge is 0.442 e. The summed E-state index contributed by atoms with van der Waals surface area (Å²) in [6.07, 6.45) is -0.0976. The Kier molecular flexibility index (Phi) is 12.5. The molecule has 0 aliphatic carbocycles. The highest BCUT2D eigenvalue weighted by Gasteiger charge is 2.29. The molecule has 0 saturated carbocycles. The standard InChI is InChI=1S/C36H42N4O7/c1-24(2)18-30(37-34(42)31(19-25(3)4)38-35(43)46-23-27-14-9-6-10-15-27)32(41)21-40-33(39-47-36(40)44)28-16-11-17-29(20-28)45-22-26-12-7-5-8-13-26/h5-17,20,24-25,30-31H,18-19,21-23H2,1-4H3,(H,37,42)(H,38,43)/t30-,31-/m0/s1. The van der Waals surface area contributed by atoms with Gasteiger partial charge in [0.2, 0.25) is 5.91 Å². The van der Waals surface area contributed by atoms with Gasteiger partial charge in [-0.3, -0.25) is 14.1 Å². The van der Waals surface area contributed by atoms with Crippen LogP contribution in [0.2, 0.25) is 0 Å². The molecular weight excluding hydrogens is 600 g/mol. The first-order valence-electron chi connectivity index (χ1n) is 15.7. The molecule has 0 unspecified atom stereocenters. The number of ether oxygens (including phenoxy) is 2. The number of Topliss-reactive ketones (excluding diaryl/α,β-unsaturated/α-hetero) is 1. The van der Waals surface area contributed by atoms with Gasteiger partial charge in [-0.15, -0.1) is 0 Å². The van der Waals surface area contributed by atoms with Crippen LogP contribution in [-0.2, 0) is 34.1 Å². The van der Waals surface area contributed by atoms with Crippen molar-refractivity contribution in [3.05, 3.63) is 107 Å². The SMILES string of the molecule is CC(C)C[C@H](NC(=O)[C@H](CC(C)C)NC(=O)OCc1ccccc1)C(=O)Cn1c(-c2cccc(OCc3ccccc3)c2)noc1=O. The van der Waals surface area contributed by atoms with E-state index in [1.54, 1.807) is 24.3 Å². The lowest BCUT2D eigenvalue weighted by molar-refractivity contribution is -0.129. The van der Waals surface area contributed by atoms with E-state index in [2.05, 4.69) is 15.8 Å². The molecule has 2 atom stereocenters. The summed E-state index contributed by atoms with van der Waals surface area (Å²) in [6.45, 7) is 7.72. The van der Waals surface area contributed by atoms with Gasteiger partial charge in [-0.1, -0.05) is 106 Å². The summed E-state index contributed by atoms with van der Waals surface area (Å²) < 4.78 is 17.4. The first-order valence-corrected chi connectivity index (χ1v) is 15.7. The van der Waals surface area contributed by atoms with E-state index in [0.29, 0.717) is 30.8 Å². The number of nitrogens with zero attached hydrogens (tertiary/aromatic N) is 2. The van der Waals surface area contributed by atoms with Gasteiger partial charge in [0.25, 0.3) is 0 Å². The van der Waals surface area contributed by atoms with E-state index < -0.39 is 35.6 Å². The minimum Gasteiger partial charge on any atom is -0.489 e. The van der Waals surface area contributed by atoms with Crippen molar-refractivity contribution in [3.63, 3.8) is 0 Å². The van der Waals surface area contributed by atoms with E-state index in [9.17, 15) is 19.2 Å². The topological polar surface area (TPSA) is 142 Å². The van der Waals surface area contributed by atoms with Crippen LogP contribution in [0, 0.1) is 11.8 Å². The zero-order valence-electron chi connectivity index (χ0n) is 27.2. The van der Waals surface area contributed by atoms with Crippen LogP contribution < -0.4 is 21.1 Å². The van der Waals surface area contributed by atoms with Gasteiger partial charge < -0.3 is 20.1 Å². The van der Waals surface area contributed by atoms with E-state index >= 15 is 0 Å². The second-order valence-electron chi connectivity index (χ2n) is 12.2. The molecule has 0 aliphatic rings. The maximum absolute atomic E-state index is 13.7. The largest absolute Gasteiger partial charge is 0.489 e. The number of carbonyl (C=O) groups is 3. The number of alkyl carbamates (subject to hydrolysis) is 1. The molecule has 1 aromatic heterocycles. The van der Waals surface area contributed by atoms with Gasteiger partial charge in [-0.25, -0.2) is 14.2 Å². The highest BCUT2D eigenvalue weighted by Crippen LogP contribution is 2.23. The molecule has 11 nitrogen and oxygen atoms in total. The number of amides is 2. The molecule has 0 bridgehead atoms. The summed E-state index contributed by atoms with van der Waals surface area (Å²) in [7, 11) is 0. The average molecular weight is 643 g/mol. The molecule has 248 valence electrons. The molecule has 2 amide bonds. The summed E-state index contributed by atoms with van der Waals surface area (Å²) in [5.41, 5.74) is 2.33. The summed E-state index contributed by atoms with van der Waals surface area (Å²) in [4.78, 5) is 52.5. The van der Waals surface area contributed by atoms with Gasteiger partial charge in [0.15, 0.2) is 11.6 Å². The lowest BCUT2D eigenvalue weighted by Crippen LogP contribution is -2.53. The average Bonchev–Trinajstić information content (AvgIpc) is 3.42. The molecular formula is C36H42N4O7. The van der Waals surface area contributed by atoms with Gasteiger partial charge in [0.05, 0.1) is 12.6 Å². The molecule has 4 aromatic rings. The first kappa shape index (κ1) is 34.7. The summed E-state index contributed by atoms with van der Waals surface area (Å²) >= 11 is 0. The quantitative estimate of drug-likeness (QED) is 0.163. The third-order valence-corrected chi connectivity index (χ3v) is 7.28. The Labute approximate surface area is 274 Å². The zero-order valence-corrected chi connectivity index (χ0v) is 27.2. The Bertz CT molecular complexity index is 1670. The van der Waals surface area contributed by atoms with Crippen molar-refractivity contribution in [1.82, 2.24) is 20.4 Å². The number of hydrogen-bond acceptors (Lipinski definition) is 8. The van der Waals surface area contributed by atoms with Crippen LogP contribution in [0.3, 0.4) is 0 Å². The van der Waals surface area contributed by atoms with E-state index in [-0.39, 0.29) is 30.8 Å². The molecule has 0 spiro atoms. The van der Waals surface area contributed by atoms with Gasteiger partial charge >= 0.3 is 11.8 Å². The zero-order chi connectivity index (χ0) is 33.8. The monoisotopic (exact) mass is 642 g/mol. The fourth-order valence-electron chi connectivity index (χ4n) is 4.97. The number of rotatable bonds is 16. The minimum absolute atomic E-state index is 0.0358. The highest BCUT2D eigenvalue weighted by atomic mass is 16.5. The predicted octanol–water partition coefficient (Wildman–Crippen LogP) is 5.52. The summed E-state index contributed by atoms with van der Waals surface area (Å²) in [5, 5.41) is 9.40. The Morgan fingerprint density at radius 1 is 0.787 bits per heavy atom. The molecule has 0 saturated heterocycles. The van der Waals surface area contributed by atoms with Crippen molar-refractivity contribution in [2.75, 3.05) is 0 Å². The van der Waals surface area contributed by atoms with Gasteiger partial charge in [0, 0.05) is 5.56 Å². The Morgan fingerprint density at radius 2 is 1.40 bits per heavy atom. The minimum atomic E-state index is -0.937. The van der Waals surface area contributed by atoms with E-state index in [4.69, 9.17) is 14.0 Å². The number of aromatic nitrogens is 2. The predicted molar refractivity (Wildman–Crippen MR) is 176 cm³/mol. The second-order valence-corrected chi connectivity index (χ2v) is 12.2. The molecule has 11 heteroatoms. The van der Waals surface area contributed by atoms with Crippen LogP contribution in [0.25, 0.3) is 11.4 Å². The molecule has 2 N–H and O–H groups in total. The van der Waals surface area contributed by atoms with Crippen LogP contribution in [-0.4, -0.2) is 39.6 Å². The lowest BCUT2D eigenvalue weighted by atomic mass is 9.98. The molecule has 1 heterocycles. The van der Waals surface area contributed by atoms with Crippen molar-refractivity contribution in [3.8, 4) is 17.1 Å². The third kappa shape index (κ3) is 10.7. The first-order chi connectivity index (χ1) is 22.6. The molecule has 0 fully saturated rings. The Balaban J connectivity index is 1.45. The number of carbonyl (C=O) groups excluding carboxylic acids is 3. The van der Waals surface area contributed by atoms with Crippen LogP contribution in [0.1, 0.15) is 51.7 Å².